The SMILES string of the molecule is CCCCCCC/C=C\C/C=C\C/C=C\CCCCCCCCCCCCCCC(=O)NC(CO)C(O)CCCCCC. The highest BCUT2D eigenvalue weighted by atomic mass is 16.3. The molecule has 0 saturated carbocycles. The highest BCUT2D eigenvalue weighted by molar-refractivity contribution is 5.76. The standard InChI is InChI=1S/C39H73NO3/c1-3-5-7-9-10-11-12-13-14-15-16-17-18-19-20-21-22-23-24-25-26-27-28-29-30-31-33-35-39(43)40-37(36-41)38(42)34-32-8-6-4-2/h12-13,15-16,18-19,37-38,41-42H,3-11,14,17,20-36H2,1-2H3,(H,40,43)/b13-12-,16-15-,19-18-. The van der Waals surface area contributed by atoms with Crippen LogP contribution in [0.1, 0.15) is 187 Å². The van der Waals surface area contributed by atoms with Crippen LogP contribution in [0.15, 0.2) is 36.5 Å². The zero-order valence-electron chi connectivity index (χ0n) is 28.7. The molecular formula is C39H73NO3. The molecule has 3 N–H and O–H groups in total. The predicted molar refractivity (Wildman–Crippen MR) is 188 cm³/mol. The van der Waals surface area contributed by atoms with Crippen LogP contribution in [-0.4, -0.2) is 34.9 Å². The zero-order valence-corrected chi connectivity index (χ0v) is 28.7. The Labute approximate surface area is 268 Å². The molecule has 43 heavy (non-hydrogen) atoms. The molecule has 0 aromatic rings. The normalized spacial score (nSPS) is 13.5. The van der Waals surface area contributed by atoms with Crippen LogP contribution in [0.5, 0.6) is 0 Å². The van der Waals surface area contributed by atoms with Crippen LogP contribution in [0.4, 0.5) is 0 Å². The summed E-state index contributed by atoms with van der Waals surface area (Å²) in [6.07, 6.45) is 45.4. The fraction of sp³-hybridized carbons (Fsp3) is 0.821. The summed E-state index contributed by atoms with van der Waals surface area (Å²) < 4.78 is 0. The molecule has 4 heteroatoms. The molecule has 0 aliphatic heterocycles. The number of allylic oxidation sites excluding steroid dienone is 6. The lowest BCUT2D eigenvalue weighted by molar-refractivity contribution is -0.123. The number of hydrogen-bond acceptors (Lipinski definition) is 3. The van der Waals surface area contributed by atoms with Crippen molar-refractivity contribution < 1.29 is 15.0 Å². The number of nitrogens with one attached hydrogen (secondary N) is 1. The Hall–Kier alpha value is -1.39. The van der Waals surface area contributed by atoms with Crippen molar-refractivity contribution in [3.05, 3.63) is 36.5 Å². The van der Waals surface area contributed by atoms with Gasteiger partial charge in [0.05, 0.1) is 18.8 Å². The lowest BCUT2D eigenvalue weighted by atomic mass is 10.0. The Morgan fingerprint density at radius 1 is 0.558 bits per heavy atom. The van der Waals surface area contributed by atoms with Gasteiger partial charge in [0, 0.05) is 6.42 Å². The molecule has 0 bridgehead atoms. The second-order valence-electron chi connectivity index (χ2n) is 12.6. The molecule has 0 heterocycles. The first-order valence-corrected chi connectivity index (χ1v) is 18.7. The van der Waals surface area contributed by atoms with Crippen LogP contribution in [-0.2, 0) is 4.79 Å². The summed E-state index contributed by atoms with van der Waals surface area (Å²) in [6, 6.07) is -0.532. The summed E-state index contributed by atoms with van der Waals surface area (Å²) in [5.74, 6) is -0.0442. The molecule has 0 aromatic heterocycles. The van der Waals surface area contributed by atoms with Crippen LogP contribution in [0.2, 0.25) is 0 Å². The molecule has 0 aliphatic rings. The minimum absolute atomic E-state index is 0.0442. The highest BCUT2D eigenvalue weighted by Gasteiger charge is 2.19. The largest absolute Gasteiger partial charge is 0.394 e. The van der Waals surface area contributed by atoms with Gasteiger partial charge >= 0.3 is 0 Å². The van der Waals surface area contributed by atoms with Crippen molar-refractivity contribution in [1.29, 1.82) is 0 Å². The summed E-state index contributed by atoms with van der Waals surface area (Å²) in [6.45, 7) is 4.23. The Kier molecular flexibility index (Phi) is 34.0. The highest BCUT2D eigenvalue weighted by Crippen LogP contribution is 2.14. The number of hydrogen-bond donors (Lipinski definition) is 3. The van der Waals surface area contributed by atoms with E-state index in [1.807, 2.05) is 0 Å². The molecule has 0 aromatic carbocycles. The van der Waals surface area contributed by atoms with Gasteiger partial charge in [-0.15, -0.1) is 0 Å². The molecule has 0 saturated heterocycles. The number of rotatable bonds is 33. The third kappa shape index (κ3) is 31.8. The van der Waals surface area contributed by atoms with E-state index in [0.29, 0.717) is 12.8 Å². The maximum atomic E-state index is 12.2. The Morgan fingerprint density at radius 2 is 0.953 bits per heavy atom. The first kappa shape index (κ1) is 41.6. The molecule has 0 radical (unpaired) electrons. The monoisotopic (exact) mass is 604 g/mol. The average molecular weight is 604 g/mol. The number of carbonyl (C=O) groups is 1. The van der Waals surface area contributed by atoms with Crippen molar-refractivity contribution in [1.82, 2.24) is 5.32 Å². The molecular weight excluding hydrogens is 530 g/mol. The van der Waals surface area contributed by atoms with Gasteiger partial charge in [0.2, 0.25) is 5.91 Å². The number of aliphatic hydroxyl groups is 2. The minimum atomic E-state index is -0.655. The minimum Gasteiger partial charge on any atom is -0.394 e. The number of amides is 1. The molecule has 0 aliphatic carbocycles. The summed E-state index contributed by atoms with van der Waals surface area (Å²) in [5, 5.41) is 22.6. The van der Waals surface area contributed by atoms with E-state index in [4.69, 9.17) is 0 Å². The molecule has 252 valence electrons. The zero-order chi connectivity index (χ0) is 31.5. The molecule has 2 unspecified atom stereocenters. The van der Waals surface area contributed by atoms with E-state index in [1.165, 1.54) is 109 Å². The van der Waals surface area contributed by atoms with Crippen LogP contribution in [0.25, 0.3) is 0 Å². The summed E-state index contributed by atoms with van der Waals surface area (Å²) in [4.78, 5) is 12.2. The van der Waals surface area contributed by atoms with E-state index in [-0.39, 0.29) is 12.5 Å². The molecule has 0 fully saturated rings. The van der Waals surface area contributed by atoms with Gasteiger partial charge in [0.1, 0.15) is 0 Å². The van der Waals surface area contributed by atoms with Gasteiger partial charge in [0.25, 0.3) is 0 Å². The summed E-state index contributed by atoms with van der Waals surface area (Å²) >= 11 is 0. The quantitative estimate of drug-likeness (QED) is 0.0516. The van der Waals surface area contributed by atoms with E-state index in [9.17, 15) is 15.0 Å². The van der Waals surface area contributed by atoms with E-state index >= 15 is 0 Å². The van der Waals surface area contributed by atoms with Gasteiger partial charge < -0.3 is 15.5 Å². The maximum absolute atomic E-state index is 12.2. The van der Waals surface area contributed by atoms with Crippen molar-refractivity contribution >= 4 is 5.91 Å². The Morgan fingerprint density at radius 3 is 1.42 bits per heavy atom. The fourth-order valence-electron chi connectivity index (χ4n) is 5.48. The molecule has 2 atom stereocenters. The van der Waals surface area contributed by atoms with Crippen LogP contribution >= 0.6 is 0 Å². The van der Waals surface area contributed by atoms with Crippen LogP contribution < -0.4 is 5.32 Å². The van der Waals surface area contributed by atoms with Crippen molar-refractivity contribution in [3.63, 3.8) is 0 Å². The third-order valence-corrected chi connectivity index (χ3v) is 8.40. The first-order chi connectivity index (χ1) is 21.2. The van der Waals surface area contributed by atoms with E-state index in [2.05, 4.69) is 55.6 Å². The van der Waals surface area contributed by atoms with Crippen molar-refractivity contribution in [3.8, 4) is 0 Å². The summed E-state index contributed by atoms with van der Waals surface area (Å²) in [7, 11) is 0. The second kappa shape index (κ2) is 35.1. The molecule has 4 nitrogen and oxygen atoms in total. The van der Waals surface area contributed by atoms with Crippen molar-refractivity contribution in [2.24, 2.45) is 0 Å². The van der Waals surface area contributed by atoms with E-state index < -0.39 is 12.1 Å². The van der Waals surface area contributed by atoms with Gasteiger partial charge in [0.15, 0.2) is 0 Å². The molecule has 0 rings (SSSR count). The first-order valence-electron chi connectivity index (χ1n) is 18.7. The van der Waals surface area contributed by atoms with Crippen LogP contribution in [0, 0.1) is 0 Å². The molecule has 1 amide bonds. The third-order valence-electron chi connectivity index (χ3n) is 8.40. The fourth-order valence-corrected chi connectivity index (χ4v) is 5.48. The van der Waals surface area contributed by atoms with Gasteiger partial charge in [-0.05, 0) is 51.4 Å². The number of carbonyl (C=O) groups excluding carboxylic acids is 1. The van der Waals surface area contributed by atoms with Crippen molar-refractivity contribution in [2.75, 3.05) is 6.61 Å². The Balaban J connectivity index is 3.43. The topological polar surface area (TPSA) is 69.6 Å². The summed E-state index contributed by atoms with van der Waals surface area (Å²) in [5.41, 5.74) is 0. The van der Waals surface area contributed by atoms with Crippen molar-refractivity contribution in [2.45, 2.75) is 199 Å². The smallest absolute Gasteiger partial charge is 0.220 e. The van der Waals surface area contributed by atoms with E-state index in [0.717, 1.165) is 51.4 Å². The van der Waals surface area contributed by atoms with Gasteiger partial charge in [-0.1, -0.05) is 166 Å². The lowest BCUT2D eigenvalue weighted by Crippen LogP contribution is -2.45. The molecule has 0 spiro atoms. The lowest BCUT2D eigenvalue weighted by Gasteiger charge is -2.22. The van der Waals surface area contributed by atoms with Gasteiger partial charge in [-0.2, -0.15) is 0 Å². The predicted octanol–water partition coefficient (Wildman–Crippen LogP) is 11.1. The van der Waals surface area contributed by atoms with Crippen LogP contribution in [0.3, 0.4) is 0 Å². The number of aliphatic hydroxyl groups excluding tert-OH is 2. The Bertz CT molecular complexity index is 657. The van der Waals surface area contributed by atoms with Gasteiger partial charge in [-0.25, -0.2) is 0 Å². The van der Waals surface area contributed by atoms with Gasteiger partial charge in [-0.3, -0.25) is 4.79 Å². The number of unbranched alkanes of at least 4 members (excludes halogenated alkanes) is 20. The maximum Gasteiger partial charge on any atom is 0.220 e. The van der Waals surface area contributed by atoms with E-state index in [1.54, 1.807) is 0 Å². The average Bonchev–Trinajstić information content (AvgIpc) is 3.01. The second-order valence-corrected chi connectivity index (χ2v) is 12.6.